The van der Waals surface area contributed by atoms with Crippen molar-refractivity contribution in [2.75, 3.05) is 33.9 Å². The van der Waals surface area contributed by atoms with Crippen molar-refractivity contribution in [2.45, 2.75) is 160 Å². The third-order valence-corrected chi connectivity index (χ3v) is 12.9. The number of alkyl carbamates (subject to hydrolysis) is 1. The number of hydrogen-bond donors (Lipinski definition) is 2. The number of ether oxygens (including phenoxy) is 6. The van der Waals surface area contributed by atoms with Crippen LogP contribution in [0.3, 0.4) is 0 Å². The number of rotatable bonds is 10. The number of aryl methyl sites for hydroxylation is 1. The van der Waals surface area contributed by atoms with E-state index in [4.69, 9.17) is 33.3 Å². The van der Waals surface area contributed by atoms with Gasteiger partial charge in [0.15, 0.2) is 11.9 Å². The number of ketones is 1. The molecule has 1 amide bonds. The highest BCUT2D eigenvalue weighted by atomic mass is 16.7. The van der Waals surface area contributed by atoms with E-state index in [0.717, 1.165) is 19.3 Å². The molecule has 58 heavy (non-hydrogen) atoms. The molecule has 0 radical (unpaired) electrons. The van der Waals surface area contributed by atoms with Crippen LogP contribution in [0.5, 0.6) is 0 Å². The third-order valence-electron chi connectivity index (χ3n) is 12.9. The van der Waals surface area contributed by atoms with Crippen molar-refractivity contribution in [2.24, 2.45) is 28.8 Å². The van der Waals surface area contributed by atoms with Crippen LogP contribution in [0.2, 0.25) is 0 Å². The number of cyclic esters (lactones) is 1. The molecule has 1 aromatic rings. The van der Waals surface area contributed by atoms with Crippen molar-refractivity contribution in [3.63, 3.8) is 0 Å². The van der Waals surface area contributed by atoms with Crippen molar-refractivity contribution in [3.8, 4) is 0 Å². The fourth-order valence-corrected chi connectivity index (χ4v) is 9.58. The fourth-order valence-electron chi connectivity index (χ4n) is 9.58. The molecule has 2 N–H and O–H groups in total. The van der Waals surface area contributed by atoms with Gasteiger partial charge in [-0.2, -0.15) is 0 Å². The Hall–Kier alpha value is -3.14. The molecular weight excluding hydrogens is 746 g/mol. The van der Waals surface area contributed by atoms with E-state index in [9.17, 15) is 19.5 Å². The number of benzene rings is 1. The summed E-state index contributed by atoms with van der Waals surface area (Å²) in [6.45, 7) is 15.4. The zero-order chi connectivity index (χ0) is 42.4. The monoisotopic (exact) mass is 815 g/mol. The molecular formula is C44H69N3O11. The first-order valence-corrected chi connectivity index (χ1v) is 21.3. The number of hydrogen-bond acceptors (Lipinski definition) is 13. The molecule has 2 bridgehead atoms. The minimum atomic E-state index is -1.31. The molecule has 1 aromatic carbocycles. The van der Waals surface area contributed by atoms with Crippen molar-refractivity contribution in [1.82, 2.24) is 10.2 Å². The van der Waals surface area contributed by atoms with Gasteiger partial charge in [-0.05, 0) is 85.9 Å². The Morgan fingerprint density at radius 1 is 1.02 bits per heavy atom. The Kier molecular flexibility index (Phi) is 15.8. The second kappa shape index (κ2) is 19.9. The Labute approximate surface area is 345 Å². The summed E-state index contributed by atoms with van der Waals surface area (Å²) < 4.78 is 39.0. The van der Waals surface area contributed by atoms with E-state index in [1.54, 1.807) is 20.8 Å². The first-order chi connectivity index (χ1) is 27.5. The summed E-state index contributed by atoms with van der Waals surface area (Å²) in [6, 6.07) is 9.32. The van der Waals surface area contributed by atoms with Crippen molar-refractivity contribution >= 4 is 23.6 Å². The number of esters is 1. The molecule has 0 aliphatic carbocycles. The molecule has 4 fully saturated rings. The smallest absolute Gasteiger partial charge is 0.408 e. The van der Waals surface area contributed by atoms with Crippen LogP contribution >= 0.6 is 0 Å². The van der Waals surface area contributed by atoms with Gasteiger partial charge in [0.25, 0.3) is 0 Å². The lowest BCUT2D eigenvalue weighted by molar-refractivity contribution is -0.304. The van der Waals surface area contributed by atoms with E-state index >= 15 is 0 Å². The van der Waals surface area contributed by atoms with Gasteiger partial charge in [0.2, 0.25) is 0 Å². The van der Waals surface area contributed by atoms with Crippen LogP contribution in [0, 0.1) is 23.7 Å². The SMILES string of the molecule is CC[C@H]1OC(=O)[C@H](C)[C@H]2OC/C(=N\OCCCCc3ccccc3)CCO[C@](C)(C[C@@H](C)C(=O)[C@H](C)[C@H]3NC(=O)O[C@@]31C)[C@H](O[C@@H]1O[C@H](C)C[C@H](N(C)C)[C@H]1O)[C@H]2C. The van der Waals surface area contributed by atoms with Crippen molar-refractivity contribution < 1.29 is 52.7 Å². The molecule has 0 unspecified atom stereocenters. The zero-order valence-electron chi connectivity index (χ0n) is 36.3. The van der Waals surface area contributed by atoms with Gasteiger partial charge in [0, 0.05) is 30.2 Å². The Morgan fingerprint density at radius 3 is 2.43 bits per heavy atom. The van der Waals surface area contributed by atoms with Gasteiger partial charge in [-0.3, -0.25) is 9.59 Å². The second-order valence-electron chi connectivity index (χ2n) is 17.7. The first-order valence-electron chi connectivity index (χ1n) is 21.3. The molecule has 0 aromatic heterocycles. The minimum absolute atomic E-state index is 0.0522. The molecule has 326 valence electrons. The lowest BCUT2D eigenvalue weighted by Gasteiger charge is -2.49. The highest BCUT2D eigenvalue weighted by molar-refractivity contribution is 5.86. The van der Waals surface area contributed by atoms with Crippen LogP contribution in [-0.4, -0.2) is 128 Å². The molecule has 4 aliphatic rings. The summed E-state index contributed by atoms with van der Waals surface area (Å²) in [6.07, 6.45) is -1.23. The number of carbonyl (C=O) groups excluding carboxylic acids is 3. The normalized spacial score (nSPS) is 40.0. The Morgan fingerprint density at radius 2 is 1.74 bits per heavy atom. The van der Waals surface area contributed by atoms with Gasteiger partial charge >= 0.3 is 12.1 Å². The van der Waals surface area contributed by atoms with Crippen molar-refractivity contribution in [3.05, 3.63) is 35.9 Å². The predicted octanol–water partition coefficient (Wildman–Crippen LogP) is 5.46. The zero-order valence-corrected chi connectivity index (χ0v) is 36.3. The summed E-state index contributed by atoms with van der Waals surface area (Å²) in [5.74, 6) is -3.39. The van der Waals surface area contributed by atoms with Gasteiger partial charge in [-0.15, -0.1) is 0 Å². The highest BCUT2D eigenvalue weighted by Crippen LogP contribution is 2.42. The quantitative estimate of drug-likeness (QED) is 0.174. The van der Waals surface area contributed by atoms with E-state index in [1.807, 2.05) is 71.8 Å². The van der Waals surface area contributed by atoms with Crippen LogP contribution in [0.4, 0.5) is 4.79 Å². The molecule has 4 heterocycles. The van der Waals surface area contributed by atoms with Crippen LogP contribution in [0.25, 0.3) is 0 Å². The number of Topliss-reactive ketones (excluding diaryl/α,β-unsaturated/α-hetero) is 1. The number of aliphatic hydroxyl groups excluding tert-OH is 1. The van der Waals surface area contributed by atoms with E-state index in [0.29, 0.717) is 31.6 Å². The van der Waals surface area contributed by atoms with Crippen LogP contribution < -0.4 is 5.32 Å². The maximum absolute atomic E-state index is 14.5. The van der Waals surface area contributed by atoms with Crippen LogP contribution in [0.15, 0.2) is 35.5 Å². The number of oxime groups is 1. The van der Waals surface area contributed by atoms with Gasteiger partial charge in [0.05, 0.1) is 54.8 Å². The summed E-state index contributed by atoms with van der Waals surface area (Å²) in [4.78, 5) is 49.5. The molecule has 14 atom stereocenters. The topological polar surface area (TPSA) is 164 Å². The first kappa shape index (κ1) is 45.9. The maximum atomic E-state index is 14.5. The average molecular weight is 816 g/mol. The number of fused-ring (bicyclic) bond motifs is 4. The molecule has 0 spiro atoms. The van der Waals surface area contributed by atoms with Crippen molar-refractivity contribution in [1.29, 1.82) is 0 Å². The second-order valence-corrected chi connectivity index (χ2v) is 17.7. The summed E-state index contributed by atoms with van der Waals surface area (Å²) >= 11 is 0. The minimum Gasteiger partial charge on any atom is -0.458 e. The fraction of sp³-hybridized carbons (Fsp3) is 0.773. The van der Waals surface area contributed by atoms with Crippen LogP contribution in [-0.2, 0) is 49.3 Å². The van der Waals surface area contributed by atoms with Gasteiger partial charge < -0.3 is 48.6 Å². The third kappa shape index (κ3) is 10.6. The standard InChI is InChI=1S/C44H69N3O11/c1-11-34-44(8)38(45-42(51)58-44)28(4)35(48)26(2)24-43(7)39(57-41-36(49)33(47(9)10)23-27(3)55-41)29(5)37(30(6)40(50)56-34)52-25-32(20-22-53-43)46-54-21-16-15-19-31-17-13-12-14-18-31/h12-14,17-18,26-30,33-34,36-39,41,49H,11,15-16,19-25H2,1-10H3,(H,45,51)/b46-32-/t26-,27-,28+,29+,30-,33+,34-,36-,37+,38-,39-,41+,43-,44-/m1/s1. The number of amides is 1. The lowest BCUT2D eigenvalue weighted by atomic mass is 9.73. The highest BCUT2D eigenvalue weighted by Gasteiger charge is 2.57. The largest absolute Gasteiger partial charge is 0.458 e. The summed E-state index contributed by atoms with van der Waals surface area (Å²) in [7, 11) is 3.83. The molecule has 4 aliphatic heterocycles. The molecule has 4 saturated heterocycles. The van der Waals surface area contributed by atoms with E-state index in [-0.39, 0.29) is 37.6 Å². The number of unbranched alkanes of at least 4 members (excludes halogenated alkanes) is 1. The molecule has 14 nitrogen and oxygen atoms in total. The van der Waals surface area contributed by atoms with E-state index in [2.05, 4.69) is 22.6 Å². The Balaban J connectivity index is 1.51. The maximum Gasteiger partial charge on any atom is 0.408 e. The van der Waals surface area contributed by atoms with Gasteiger partial charge in [-0.25, -0.2) is 4.79 Å². The predicted molar refractivity (Wildman–Crippen MR) is 217 cm³/mol. The average Bonchev–Trinajstić information content (AvgIpc) is 3.50. The molecule has 5 rings (SSSR count). The van der Waals surface area contributed by atoms with Gasteiger partial charge in [-0.1, -0.05) is 63.2 Å². The summed E-state index contributed by atoms with van der Waals surface area (Å²) in [5.41, 5.74) is -0.601. The molecule has 14 heteroatoms. The van der Waals surface area contributed by atoms with E-state index in [1.165, 1.54) is 5.56 Å². The summed E-state index contributed by atoms with van der Waals surface area (Å²) in [5, 5.41) is 19.0. The lowest BCUT2D eigenvalue weighted by Crippen LogP contribution is -2.61. The molecule has 0 saturated carbocycles. The number of nitrogens with one attached hydrogen (secondary N) is 1. The number of carbonyl (C=O) groups is 3. The number of likely N-dealkylation sites (N-methyl/N-ethyl adjacent to an activating group) is 1. The Bertz CT molecular complexity index is 1560. The van der Waals surface area contributed by atoms with Gasteiger partial charge in [0.1, 0.15) is 24.6 Å². The number of aliphatic hydroxyl groups is 1. The van der Waals surface area contributed by atoms with Crippen LogP contribution in [0.1, 0.15) is 99.5 Å². The van der Waals surface area contributed by atoms with E-state index < -0.39 is 83.7 Å². The number of nitrogens with zero attached hydrogens (tertiary/aromatic N) is 2.